The van der Waals surface area contributed by atoms with E-state index < -0.39 is 4.84 Å². The van der Waals surface area contributed by atoms with Crippen molar-refractivity contribution in [3.05, 3.63) is 0 Å². The van der Waals surface area contributed by atoms with Crippen molar-refractivity contribution >= 4 is 23.2 Å². The van der Waals surface area contributed by atoms with Crippen LogP contribution in [0.5, 0.6) is 0 Å². The van der Waals surface area contributed by atoms with E-state index >= 15 is 0 Å². The Kier molecular flexibility index (Phi) is 8.04. The lowest BCUT2D eigenvalue weighted by Gasteiger charge is -2.24. The highest BCUT2D eigenvalue weighted by Gasteiger charge is 2.15. The van der Waals surface area contributed by atoms with E-state index in [4.69, 9.17) is 40.4 Å². The van der Waals surface area contributed by atoms with Crippen molar-refractivity contribution in [2.75, 3.05) is 32.7 Å². The molecule has 0 aliphatic rings. The first-order valence-corrected chi connectivity index (χ1v) is 5.15. The second-order valence-electron chi connectivity index (χ2n) is 2.88. The second-order valence-corrected chi connectivity index (χ2v) is 4.04. The van der Waals surface area contributed by atoms with E-state index in [9.17, 15) is 0 Å². The normalized spacial score (nSPS) is 14.1. The van der Waals surface area contributed by atoms with Crippen LogP contribution in [-0.4, -0.2) is 48.5 Å². The maximum absolute atomic E-state index is 5.69. The van der Waals surface area contributed by atoms with Crippen molar-refractivity contribution in [2.45, 2.75) is 10.9 Å². The van der Waals surface area contributed by atoms with E-state index in [0.29, 0.717) is 19.6 Å². The first-order valence-electron chi connectivity index (χ1n) is 4.28. The third-order valence-electron chi connectivity index (χ3n) is 1.68. The summed E-state index contributed by atoms with van der Waals surface area (Å²) >= 11 is 11.2. The van der Waals surface area contributed by atoms with E-state index in [1.807, 2.05) is 0 Å². The quantitative estimate of drug-likeness (QED) is 0.506. The van der Waals surface area contributed by atoms with Crippen LogP contribution in [0.4, 0.5) is 0 Å². The summed E-state index contributed by atoms with van der Waals surface area (Å²) in [5.74, 6) is 0. The molecule has 80 valence electrons. The fourth-order valence-corrected chi connectivity index (χ4v) is 1.20. The van der Waals surface area contributed by atoms with Crippen LogP contribution in [0.15, 0.2) is 0 Å². The van der Waals surface area contributed by atoms with Gasteiger partial charge in [-0.3, -0.25) is 4.90 Å². The van der Waals surface area contributed by atoms with Gasteiger partial charge in [0, 0.05) is 38.8 Å². The molecule has 0 aliphatic heterocycles. The topological polar surface area (TPSA) is 81.3 Å². The molecular weight excluding hydrogens is 211 g/mol. The number of nitrogens with zero attached hydrogens (tertiary/aromatic N) is 1. The van der Waals surface area contributed by atoms with Gasteiger partial charge in [0.1, 0.15) is 4.84 Å². The van der Waals surface area contributed by atoms with Crippen molar-refractivity contribution in [1.29, 1.82) is 0 Å². The van der Waals surface area contributed by atoms with Crippen molar-refractivity contribution in [3.8, 4) is 0 Å². The average Bonchev–Trinajstić information content (AvgIpc) is 2.05. The number of nitrogens with two attached hydrogens (primary N) is 3. The number of hydrogen-bond donors (Lipinski definition) is 3. The highest BCUT2D eigenvalue weighted by Crippen LogP contribution is 2.06. The van der Waals surface area contributed by atoms with Gasteiger partial charge in [-0.25, -0.2) is 0 Å². The molecule has 1 unspecified atom stereocenters. The third kappa shape index (κ3) is 6.49. The van der Waals surface area contributed by atoms with Crippen LogP contribution in [-0.2, 0) is 0 Å². The standard InChI is InChI=1S/C7H18Cl2N4/c8-7(9)6(12)5-13(3-1-10)4-2-11/h6-7H,1-5,10-12H2. The molecule has 0 aromatic carbocycles. The summed E-state index contributed by atoms with van der Waals surface area (Å²) in [5, 5.41) is 0. The molecule has 0 aromatic rings. The number of halogens is 2. The van der Waals surface area contributed by atoms with Crippen LogP contribution in [0, 0.1) is 0 Å². The van der Waals surface area contributed by atoms with Gasteiger partial charge in [0.25, 0.3) is 0 Å². The van der Waals surface area contributed by atoms with Gasteiger partial charge in [-0.1, -0.05) is 0 Å². The molecule has 0 amide bonds. The first-order chi connectivity index (χ1) is 6.11. The summed E-state index contributed by atoms with van der Waals surface area (Å²) in [6, 6.07) is -0.249. The Morgan fingerprint density at radius 2 is 1.54 bits per heavy atom. The van der Waals surface area contributed by atoms with Crippen LogP contribution in [0.2, 0.25) is 0 Å². The molecule has 0 aliphatic carbocycles. The molecule has 13 heavy (non-hydrogen) atoms. The molecular formula is C7H18Cl2N4. The molecule has 0 fully saturated rings. The lowest BCUT2D eigenvalue weighted by atomic mass is 10.3. The van der Waals surface area contributed by atoms with E-state index in [0.717, 1.165) is 13.1 Å². The first kappa shape index (κ1) is 13.4. The highest BCUT2D eigenvalue weighted by atomic mass is 35.5. The maximum Gasteiger partial charge on any atom is 0.124 e. The number of rotatable bonds is 7. The Bertz CT molecular complexity index is 117. The van der Waals surface area contributed by atoms with Gasteiger partial charge >= 0.3 is 0 Å². The zero-order valence-corrected chi connectivity index (χ0v) is 9.14. The van der Waals surface area contributed by atoms with E-state index in [2.05, 4.69) is 4.90 Å². The summed E-state index contributed by atoms with van der Waals surface area (Å²) in [6.45, 7) is 3.34. The van der Waals surface area contributed by atoms with E-state index in [1.54, 1.807) is 0 Å². The van der Waals surface area contributed by atoms with Crippen molar-refractivity contribution < 1.29 is 0 Å². The summed E-state index contributed by atoms with van der Waals surface area (Å²) < 4.78 is 0. The summed E-state index contributed by atoms with van der Waals surface area (Å²) in [7, 11) is 0. The highest BCUT2D eigenvalue weighted by molar-refractivity contribution is 6.44. The second kappa shape index (κ2) is 7.79. The molecule has 0 saturated heterocycles. The molecule has 0 bridgehead atoms. The maximum atomic E-state index is 5.69. The number of hydrogen-bond acceptors (Lipinski definition) is 4. The van der Waals surface area contributed by atoms with Gasteiger partial charge in [-0.2, -0.15) is 0 Å². The summed E-state index contributed by atoms with van der Waals surface area (Å²) in [5.41, 5.74) is 16.5. The Hall–Kier alpha value is 0.420. The lowest BCUT2D eigenvalue weighted by molar-refractivity contribution is 0.273. The summed E-state index contributed by atoms with van der Waals surface area (Å²) in [4.78, 5) is 1.51. The van der Waals surface area contributed by atoms with Crippen molar-refractivity contribution in [1.82, 2.24) is 4.90 Å². The van der Waals surface area contributed by atoms with Gasteiger partial charge in [0.15, 0.2) is 0 Å². The monoisotopic (exact) mass is 228 g/mol. The predicted molar refractivity (Wildman–Crippen MR) is 58.0 cm³/mol. The Balaban J connectivity index is 3.78. The van der Waals surface area contributed by atoms with Crippen LogP contribution >= 0.6 is 23.2 Å². The minimum Gasteiger partial charge on any atom is -0.329 e. The van der Waals surface area contributed by atoms with Crippen LogP contribution in [0.1, 0.15) is 0 Å². The average molecular weight is 229 g/mol. The van der Waals surface area contributed by atoms with Gasteiger partial charge < -0.3 is 17.2 Å². The predicted octanol–water partition coefficient (Wildman–Crippen LogP) is -0.663. The van der Waals surface area contributed by atoms with E-state index in [1.165, 1.54) is 0 Å². The minimum atomic E-state index is -0.543. The molecule has 4 nitrogen and oxygen atoms in total. The number of alkyl halides is 2. The molecule has 6 heteroatoms. The van der Waals surface area contributed by atoms with Gasteiger partial charge in [-0.15, -0.1) is 23.2 Å². The fourth-order valence-electron chi connectivity index (χ4n) is 1.04. The van der Waals surface area contributed by atoms with Crippen LogP contribution in [0.3, 0.4) is 0 Å². The summed E-state index contributed by atoms with van der Waals surface area (Å²) in [6.07, 6.45) is 0. The largest absolute Gasteiger partial charge is 0.329 e. The molecule has 0 heterocycles. The molecule has 0 spiro atoms. The minimum absolute atomic E-state index is 0.249. The van der Waals surface area contributed by atoms with Gasteiger partial charge in [-0.05, 0) is 0 Å². The van der Waals surface area contributed by atoms with Crippen molar-refractivity contribution in [2.24, 2.45) is 17.2 Å². The molecule has 1 atom stereocenters. The Morgan fingerprint density at radius 1 is 1.08 bits per heavy atom. The van der Waals surface area contributed by atoms with Crippen LogP contribution < -0.4 is 17.2 Å². The fraction of sp³-hybridized carbons (Fsp3) is 1.00. The molecule has 0 saturated carbocycles. The molecule has 0 radical (unpaired) electrons. The van der Waals surface area contributed by atoms with Gasteiger partial charge in [0.2, 0.25) is 0 Å². The SMILES string of the molecule is NCCN(CCN)CC(N)C(Cl)Cl. The lowest BCUT2D eigenvalue weighted by Crippen LogP contribution is -2.44. The molecule has 6 N–H and O–H groups in total. The Labute approximate surface area is 89.3 Å². The smallest absolute Gasteiger partial charge is 0.124 e. The zero-order chi connectivity index (χ0) is 10.3. The van der Waals surface area contributed by atoms with Gasteiger partial charge in [0.05, 0.1) is 0 Å². The molecule has 0 aromatic heterocycles. The van der Waals surface area contributed by atoms with Crippen LogP contribution in [0.25, 0.3) is 0 Å². The van der Waals surface area contributed by atoms with E-state index in [-0.39, 0.29) is 6.04 Å². The van der Waals surface area contributed by atoms with Crippen molar-refractivity contribution in [3.63, 3.8) is 0 Å². The zero-order valence-electron chi connectivity index (χ0n) is 7.63. The molecule has 0 rings (SSSR count). The third-order valence-corrected chi connectivity index (χ3v) is 2.33. The Morgan fingerprint density at radius 3 is 1.85 bits per heavy atom.